The SMILES string of the molecule is O=C(C=Cc1ccc(Cl)cc1Cl)c1cc(Cl)ccc1Cl. The summed E-state index contributed by atoms with van der Waals surface area (Å²) in [7, 11) is 0. The standard InChI is InChI=1S/C15H8Cl4O/c16-10-4-5-13(18)12(7-10)15(20)6-2-9-1-3-11(17)8-14(9)19/h1-8H. The summed E-state index contributed by atoms with van der Waals surface area (Å²) in [6.07, 6.45) is 3.00. The van der Waals surface area contributed by atoms with Crippen molar-refractivity contribution in [3.63, 3.8) is 0 Å². The third kappa shape index (κ3) is 3.77. The van der Waals surface area contributed by atoms with E-state index in [1.54, 1.807) is 36.4 Å². The van der Waals surface area contributed by atoms with E-state index in [4.69, 9.17) is 46.4 Å². The van der Waals surface area contributed by atoms with Gasteiger partial charge < -0.3 is 0 Å². The highest BCUT2D eigenvalue weighted by atomic mass is 35.5. The Labute approximate surface area is 136 Å². The lowest BCUT2D eigenvalue weighted by Crippen LogP contribution is -1.95. The van der Waals surface area contributed by atoms with Gasteiger partial charge in [0.1, 0.15) is 0 Å². The number of allylic oxidation sites excluding steroid dienone is 1. The van der Waals surface area contributed by atoms with E-state index in [1.165, 1.54) is 12.1 Å². The van der Waals surface area contributed by atoms with Gasteiger partial charge in [-0.05, 0) is 48.0 Å². The van der Waals surface area contributed by atoms with Crippen molar-refractivity contribution in [2.45, 2.75) is 0 Å². The van der Waals surface area contributed by atoms with Crippen LogP contribution in [0.2, 0.25) is 20.1 Å². The molecular weight excluding hydrogens is 338 g/mol. The maximum Gasteiger partial charge on any atom is 0.187 e. The van der Waals surface area contributed by atoms with E-state index in [1.807, 2.05) is 0 Å². The smallest absolute Gasteiger partial charge is 0.187 e. The molecule has 0 amide bonds. The van der Waals surface area contributed by atoms with Crippen LogP contribution < -0.4 is 0 Å². The molecule has 0 aromatic heterocycles. The molecule has 2 aromatic carbocycles. The second-order valence-corrected chi connectivity index (χ2v) is 5.67. The molecule has 0 N–H and O–H groups in total. The lowest BCUT2D eigenvalue weighted by Gasteiger charge is -2.01. The highest BCUT2D eigenvalue weighted by molar-refractivity contribution is 6.37. The predicted molar refractivity (Wildman–Crippen MR) is 86.3 cm³/mol. The van der Waals surface area contributed by atoms with Crippen LogP contribution in [-0.4, -0.2) is 5.78 Å². The maximum atomic E-state index is 12.1. The Morgan fingerprint density at radius 2 is 1.50 bits per heavy atom. The van der Waals surface area contributed by atoms with Crippen molar-refractivity contribution < 1.29 is 4.79 Å². The molecule has 0 radical (unpaired) electrons. The minimum atomic E-state index is -0.247. The summed E-state index contributed by atoms with van der Waals surface area (Å²) in [5, 5.41) is 1.82. The molecule has 5 heteroatoms. The Morgan fingerprint density at radius 1 is 0.850 bits per heavy atom. The fourth-order valence-corrected chi connectivity index (χ4v) is 2.43. The third-order valence-corrected chi connectivity index (χ3v) is 3.70. The monoisotopic (exact) mass is 344 g/mol. The Kier molecular flexibility index (Phi) is 5.11. The Bertz CT molecular complexity index is 692. The summed E-state index contributed by atoms with van der Waals surface area (Å²) in [6.45, 7) is 0. The molecule has 0 spiro atoms. The summed E-state index contributed by atoms with van der Waals surface area (Å²) in [5.74, 6) is -0.247. The molecule has 0 aliphatic rings. The molecule has 0 fully saturated rings. The first-order valence-corrected chi connectivity index (χ1v) is 7.11. The lowest BCUT2D eigenvalue weighted by molar-refractivity contribution is 0.104. The van der Waals surface area contributed by atoms with Crippen molar-refractivity contribution in [2.75, 3.05) is 0 Å². The summed E-state index contributed by atoms with van der Waals surface area (Å²) in [4.78, 5) is 12.1. The molecule has 0 saturated carbocycles. The number of carbonyl (C=O) groups excluding carboxylic acids is 1. The largest absolute Gasteiger partial charge is 0.289 e. The lowest BCUT2D eigenvalue weighted by atomic mass is 10.1. The Balaban J connectivity index is 2.27. The first-order valence-electron chi connectivity index (χ1n) is 5.60. The first kappa shape index (κ1) is 15.4. The third-order valence-electron chi connectivity index (χ3n) is 2.57. The number of ketones is 1. The van der Waals surface area contributed by atoms with Crippen LogP contribution >= 0.6 is 46.4 Å². The van der Waals surface area contributed by atoms with Gasteiger partial charge in [-0.1, -0.05) is 52.5 Å². The molecule has 0 saturated heterocycles. The Morgan fingerprint density at radius 3 is 2.20 bits per heavy atom. The molecule has 0 aliphatic carbocycles. The van der Waals surface area contributed by atoms with E-state index in [0.717, 1.165) is 0 Å². The van der Waals surface area contributed by atoms with Crippen LogP contribution in [0.5, 0.6) is 0 Å². The summed E-state index contributed by atoms with van der Waals surface area (Å²) in [5.41, 5.74) is 1.04. The van der Waals surface area contributed by atoms with Gasteiger partial charge in [-0.2, -0.15) is 0 Å². The minimum Gasteiger partial charge on any atom is -0.289 e. The number of halogens is 4. The average molecular weight is 346 g/mol. The van der Waals surface area contributed by atoms with Crippen molar-refractivity contribution in [1.82, 2.24) is 0 Å². The molecule has 2 aromatic rings. The predicted octanol–water partition coefficient (Wildman–Crippen LogP) is 6.20. The number of hydrogen-bond acceptors (Lipinski definition) is 1. The molecule has 1 nitrogen and oxygen atoms in total. The zero-order valence-electron chi connectivity index (χ0n) is 10.0. The van der Waals surface area contributed by atoms with Crippen LogP contribution in [0.1, 0.15) is 15.9 Å². The van der Waals surface area contributed by atoms with E-state index in [-0.39, 0.29) is 5.78 Å². The summed E-state index contributed by atoms with van der Waals surface area (Å²) < 4.78 is 0. The zero-order chi connectivity index (χ0) is 14.7. The molecule has 0 aliphatic heterocycles. The van der Waals surface area contributed by atoms with Gasteiger partial charge in [-0.3, -0.25) is 4.79 Å². The van der Waals surface area contributed by atoms with Gasteiger partial charge in [0.2, 0.25) is 0 Å². The zero-order valence-corrected chi connectivity index (χ0v) is 13.1. The van der Waals surface area contributed by atoms with E-state index in [9.17, 15) is 4.79 Å². The van der Waals surface area contributed by atoms with Crippen LogP contribution in [0.25, 0.3) is 6.08 Å². The van der Waals surface area contributed by atoms with Crippen molar-refractivity contribution in [3.05, 3.63) is 73.7 Å². The van der Waals surface area contributed by atoms with Crippen LogP contribution in [0.3, 0.4) is 0 Å². The number of benzene rings is 2. The molecule has 20 heavy (non-hydrogen) atoms. The van der Waals surface area contributed by atoms with E-state index < -0.39 is 0 Å². The molecule has 0 bridgehead atoms. The van der Waals surface area contributed by atoms with Crippen molar-refractivity contribution >= 4 is 58.3 Å². The first-order chi connectivity index (χ1) is 9.47. The van der Waals surface area contributed by atoms with E-state index >= 15 is 0 Å². The normalized spacial score (nSPS) is 11.0. The van der Waals surface area contributed by atoms with Crippen LogP contribution in [0.4, 0.5) is 0 Å². The van der Waals surface area contributed by atoms with Gasteiger partial charge in [0.05, 0.1) is 5.02 Å². The van der Waals surface area contributed by atoms with Crippen molar-refractivity contribution in [1.29, 1.82) is 0 Å². The highest BCUT2D eigenvalue weighted by Crippen LogP contribution is 2.24. The fraction of sp³-hybridized carbons (Fsp3) is 0. The molecule has 0 unspecified atom stereocenters. The Hall–Kier alpha value is -0.990. The van der Waals surface area contributed by atoms with E-state index in [2.05, 4.69) is 0 Å². The quantitative estimate of drug-likeness (QED) is 0.478. The highest BCUT2D eigenvalue weighted by Gasteiger charge is 2.08. The van der Waals surface area contributed by atoms with Gasteiger partial charge in [-0.25, -0.2) is 0 Å². The summed E-state index contributed by atoms with van der Waals surface area (Å²) in [6, 6.07) is 9.78. The van der Waals surface area contributed by atoms with Gasteiger partial charge in [0.25, 0.3) is 0 Å². The van der Waals surface area contributed by atoms with Gasteiger partial charge in [0, 0.05) is 20.6 Å². The molecule has 2 rings (SSSR count). The average Bonchev–Trinajstić information content (AvgIpc) is 2.40. The van der Waals surface area contributed by atoms with E-state index in [0.29, 0.717) is 31.2 Å². The van der Waals surface area contributed by atoms with Gasteiger partial charge in [-0.15, -0.1) is 0 Å². The second kappa shape index (κ2) is 6.64. The van der Waals surface area contributed by atoms with Crippen molar-refractivity contribution in [3.8, 4) is 0 Å². The summed E-state index contributed by atoms with van der Waals surface area (Å²) >= 11 is 23.6. The van der Waals surface area contributed by atoms with Crippen LogP contribution in [0.15, 0.2) is 42.5 Å². The number of hydrogen-bond donors (Lipinski definition) is 0. The minimum absolute atomic E-state index is 0.247. The maximum absolute atomic E-state index is 12.1. The fourth-order valence-electron chi connectivity index (χ4n) is 1.58. The number of carbonyl (C=O) groups is 1. The van der Waals surface area contributed by atoms with Crippen LogP contribution in [-0.2, 0) is 0 Å². The topological polar surface area (TPSA) is 17.1 Å². The molecule has 0 atom stereocenters. The second-order valence-electron chi connectivity index (χ2n) is 3.99. The molecule has 102 valence electrons. The van der Waals surface area contributed by atoms with Crippen molar-refractivity contribution in [2.24, 2.45) is 0 Å². The molecule has 0 heterocycles. The molecular formula is C15H8Cl4O. The van der Waals surface area contributed by atoms with Gasteiger partial charge in [0.15, 0.2) is 5.78 Å². The number of rotatable bonds is 3. The van der Waals surface area contributed by atoms with Crippen LogP contribution in [0, 0.1) is 0 Å². The van der Waals surface area contributed by atoms with Gasteiger partial charge >= 0.3 is 0 Å².